The highest BCUT2D eigenvalue weighted by molar-refractivity contribution is 6.04. The molecule has 2 aromatic rings. The summed E-state index contributed by atoms with van der Waals surface area (Å²) in [5, 5.41) is 8.24. The van der Waals surface area contributed by atoms with Crippen LogP contribution in [0.1, 0.15) is 23.7 Å². The summed E-state index contributed by atoms with van der Waals surface area (Å²) in [6.45, 7) is 2.24. The average molecular weight is 321 g/mol. The number of urea groups is 1. The van der Waals surface area contributed by atoms with E-state index in [-0.39, 0.29) is 11.9 Å². The van der Waals surface area contributed by atoms with E-state index in [2.05, 4.69) is 27.8 Å². The van der Waals surface area contributed by atoms with Crippen LogP contribution in [0.25, 0.3) is 0 Å². The molecule has 5 heteroatoms. The molecule has 5 nitrogen and oxygen atoms in total. The lowest BCUT2D eigenvalue weighted by Crippen LogP contribution is -2.29. The molecule has 2 rings (SSSR count). The summed E-state index contributed by atoms with van der Waals surface area (Å²) in [4.78, 5) is 23.9. The van der Waals surface area contributed by atoms with Crippen LogP contribution in [0.3, 0.4) is 0 Å². The summed E-state index contributed by atoms with van der Waals surface area (Å²) in [7, 11) is 0. The van der Waals surface area contributed by atoms with Crippen LogP contribution >= 0.6 is 0 Å². The highest BCUT2D eigenvalue weighted by atomic mass is 16.2. The normalized spacial score (nSPS) is 9.38. The Morgan fingerprint density at radius 2 is 1.67 bits per heavy atom. The molecule has 3 amide bonds. The van der Waals surface area contributed by atoms with Gasteiger partial charge in [0.1, 0.15) is 0 Å². The number of hydrogen-bond acceptors (Lipinski definition) is 2. The summed E-state index contributed by atoms with van der Waals surface area (Å²) in [5.74, 6) is 5.44. The van der Waals surface area contributed by atoms with E-state index < -0.39 is 0 Å². The van der Waals surface area contributed by atoms with Crippen LogP contribution in [-0.4, -0.2) is 18.5 Å². The molecule has 0 radical (unpaired) electrons. The van der Waals surface area contributed by atoms with Gasteiger partial charge in [-0.05, 0) is 37.3 Å². The maximum Gasteiger partial charge on any atom is 0.319 e. The van der Waals surface area contributed by atoms with E-state index in [9.17, 15) is 9.59 Å². The molecule has 0 aromatic heterocycles. The van der Waals surface area contributed by atoms with Crippen molar-refractivity contribution in [2.24, 2.45) is 0 Å². The topological polar surface area (TPSA) is 70.2 Å². The molecule has 0 unspecified atom stereocenters. The summed E-state index contributed by atoms with van der Waals surface area (Å²) in [6.07, 6.45) is 0.608. The quantitative estimate of drug-likeness (QED) is 0.583. The van der Waals surface area contributed by atoms with Gasteiger partial charge in [-0.15, -0.1) is 11.8 Å². The van der Waals surface area contributed by atoms with Crippen molar-refractivity contribution >= 4 is 23.3 Å². The number of nitrogens with one attached hydrogen (secondary N) is 3. The van der Waals surface area contributed by atoms with Crippen LogP contribution < -0.4 is 16.0 Å². The number of anilines is 2. The Hall–Kier alpha value is -3.26. The fourth-order valence-corrected chi connectivity index (χ4v) is 2.01. The predicted molar refractivity (Wildman–Crippen MR) is 95.9 cm³/mol. The van der Waals surface area contributed by atoms with Gasteiger partial charge in [-0.25, -0.2) is 4.79 Å². The SMILES string of the molecule is CC#CCCNC(=O)Nc1cccc(NC(=O)c2ccccc2)c1. The summed E-state index contributed by atoms with van der Waals surface area (Å²) in [6, 6.07) is 15.6. The minimum atomic E-state index is -0.306. The Bertz CT molecular complexity index is 761. The van der Waals surface area contributed by atoms with Crippen molar-refractivity contribution in [2.45, 2.75) is 13.3 Å². The number of benzene rings is 2. The number of amides is 3. The molecular weight excluding hydrogens is 302 g/mol. The second kappa shape index (κ2) is 9.01. The Kier molecular flexibility index (Phi) is 6.42. The van der Waals surface area contributed by atoms with Crippen molar-refractivity contribution < 1.29 is 9.59 Å². The minimum Gasteiger partial charge on any atom is -0.337 e. The Labute approximate surface area is 141 Å². The average Bonchev–Trinajstić information content (AvgIpc) is 2.60. The monoisotopic (exact) mass is 321 g/mol. The third-order valence-corrected chi connectivity index (χ3v) is 3.13. The van der Waals surface area contributed by atoms with Gasteiger partial charge in [-0.3, -0.25) is 4.79 Å². The van der Waals surface area contributed by atoms with Gasteiger partial charge in [0.05, 0.1) is 0 Å². The van der Waals surface area contributed by atoms with Gasteiger partial charge in [0.15, 0.2) is 0 Å². The first-order valence-electron chi connectivity index (χ1n) is 7.60. The van der Waals surface area contributed by atoms with Crippen LogP contribution in [0.2, 0.25) is 0 Å². The van der Waals surface area contributed by atoms with Crippen molar-refractivity contribution in [3.8, 4) is 11.8 Å². The van der Waals surface area contributed by atoms with E-state index in [0.29, 0.717) is 29.9 Å². The van der Waals surface area contributed by atoms with E-state index >= 15 is 0 Å². The minimum absolute atomic E-state index is 0.199. The predicted octanol–water partition coefficient (Wildman–Crippen LogP) is 3.47. The Morgan fingerprint density at radius 3 is 2.38 bits per heavy atom. The van der Waals surface area contributed by atoms with E-state index in [0.717, 1.165) is 0 Å². The van der Waals surface area contributed by atoms with Crippen LogP contribution in [0.5, 0.6) is 0 Å². The summed E-state index contributed by atoms with van der Waals surface area (Å²) < 4.78 is 0. The zero-order valence-electron chi connectivity index (χ0n) is 13.4. The molecule has 0 aliphatic rings. The van der Waals surface area contributed by atoms with Crippen LogP contribution in [-0.2, 0) is 0 Å². The van der Waals surface area contributed by atoms with Crippen molar-refractivity contribution in [3.63, 3.8) is 0 Å². The maximum absolute atomic E-state index is 12.1. The lowest BCUT2D eigenvalue weighted by Gasteiger charge is -2.09. The van der Waals surface area contributed by atoms with E-state index in [4.69, 9.17) is 0 Å². The molecule has 0 saturated carbocycles. The summed E-state index contributed by atoms with van der Waals surface area (Å²) in [5.41, 5.74) is 1.78. The van der Waals surface area contributed by atoms with Gasteiger partial charge in [0, 0.05) is 29.9 Å². The molecule has 24 heavy (non-hydrogen) atoms. The first kappa shape index (κ1) is 17.1. The highest BCUT2D eigenvalue weighted by Crippen LogP contribution is 2.16. The molecule has 3 N–H and O–H groups in total. The van der Waals surface area contributed by atoms with Gasteiger partial charge in [-0.1, -0.05) is 24.3 Å². The molecule has 0 aliphatic heterocycles. The second-order valence-electron chi connectivity index (χ2n) is 4.96. The smallest absolute Gasteiger partial charge is 0.319 e. The van der Waals surface area contributed by atoms with E-state index in [1.54, 1.807) is 55.5 Å². The molecule has 0 fully saturated rings. The van der Waals surface area contributed by atoms with Gasteiger partial charge in [-0.2, -0.15) is 0 Å². The number of rotatable bonds is 5. The lowest BCUT2D eigenvalue weighted by molar-refractivity contribution is 0.102. The van der Waals surface area contributed by atoms with Crippen molar-refractivity contribution in [2.75, 3.05) is 17.2 Å². The Balaban J connectivity index is 1.92. The third-order valence-electron chi connectivity index (χ3n) is 3.13. The van der Waals surface area contributed by atoms with Crippen molar-refractivity contribution in [1.82, 2.24) is 5.32 Å². The zero-order chi connectivity index (χ0) is 17.2. The van der Waals surface area contributed by atoms with Crippen LogP contribution in [0, 0.1) is 11.8 Å². The van der Waals surface area contributed by atoms with Gasteiger partial charge in [0.2, 0.25) is 0 Å². The molecule has 0 heterocycles. The first-order valence-corrected chi connectivity index (χ1v) is 7.60. The molecule has 0 aliphatic carbocycles. The van der Waals surface area contributed by atoms with Gasteiger partial charge in [0.25, 0.3) is 5.91 Å². The van der Waals surface area contributed by atoms with Gasteiger partial charge < -0.3 is 16.0 Å². The van der Waals surface area contributed by atoms with Crippen LogP contribution in [0.4, 0.5) is 16.2 Å². The van der Waals surface area contributed by atoms with E-state index in [1.165, 1.54) is 0 Å². The number of carbonyl (C=O) groups is 2. The molecule has 0 atom stereocenters. The maximum atomic E-state index is 12.1. The van der Waals surface area contributed by atoms with Crippen molar-refractivity contribution in [3.05, 3.63) is 60.2 Å². The highest BCUT2D eigenvalue weighted by Gasteiger charge is 2.06. The first-order chi connectivity index (χ1) is 11.7. The zero-order valence-corrected chi connectivity index (χ0v) is 13.4. The van der Waals surface area contributed by atoms with Crippen molar-refractivity contribution in [1.29, 1.82) is 0 Å². The fourth-order valence-electron chi connectivity index (χ4n) is 2.01. The molecule has 0 bridgehead atoms. The number of carbonyl (C=O) groups excluding carboxylic acids is 2. The third kappa shape index (κ3) is 5.50. The second-order valence-corrected chi connectivity index (χ2v) is 4.96. The number of hydrogen-bond donors (Lipinski definition) is 3. The molecule has 0 saturated heterocycles. The summed E-state index contributed by atoms with van der Waals surface area (Å²) >= 11 is 0. The Morgan fingerprint density at radius 1 is 0.958 bits per heavy atom. The fraction of sp³-hybridized carbons (Fsp3) is 0.158. The molecule has 0 spiro atoms. The molecule has 2 aromatic carbocycles. The van der Waals surface area contributed by atoms with E-state index in [1.807, 2.05) is 6.07 Å². The largest absolute Gasteiger partial charge is 0.337 e. The lowest BCUT2D eigenvalue weighted by atomic mass is 10.2. The van der Waals surface area contributed by atoms with Crippen LogP contribution in [0.15, 0.2) is 54.6 Å². The van der Waals surface area contributed by atoms with Gasteiger partial charge >= 0.3 is 6.03 Å². The molecule has 122 valence electrons. The molecular formula is C19H19N3O2. The standard InChI is InChI=1S/C19H19N3O2/c1-2-3-7-13-20-19(24)22-17-12-8-11-16(14-17)21-18(23)15-9-5-4-6-10-15/h4-6,8-12,14H,7,13H2,1H3,(H,21,23)(H2,20,22,24).